The number of amides is 1. The molecule has 1 amide bonds. The van der Waals surface area contributed by atoms with E-state index in [4.69, 9.17) is 5.73 Å². The van der Waals surface area contributed by atoms with Gasteiger partial charge in [-0.15, -0.1) is 0 Å². The smallest absolute Gasteiger partial charge is 0.220 e. The van der Waals surface area contributed by atoms with Crippen LogP contribution in [0, 0.1) is 5.92 Å². The molecule has 0 spiro atoms. The Morgan fingerprint density at radius 3 is 2.74 bits per heavy atom. The number of carbonyl (C=O) groups is 1. The zero-order chi connectivity index (χ0) is 13.4. The lowest BCUT2D eigenvalue weighted by atomic mass is 9.85. The number of benzene rings is 1. The fraction of sp³-hybridized carbons (Fsp3) is 0.429. The van der Waals surface area contributed by atoms with E-state index in [-0.39, 0.29) is 11.8 Å². The van der Waals surface area contributed by atoms with E-state index in [1.54, 1.807) is 0 Å². The number of primary amides is 1. The summed E-state index contributed by atoms with van der Waals surface area (Å²) < 4.78 is 3.30. The molecule has 100 valence electrons. The van der Waals surface area contributed by atoms with E-state index in [2.05, 4.69) is 31.5 Å². The van der Waals surface area contributed by atoms with Crippen LogP contribution in [0.15, 0.2) is 29.0 Å². The largest absolute Gasteiger partial charge is 0.369 e. The number of nitrogens with two attached hydrogens (primary N) is 1. The van der Waals surface area contributed by atoms with Gasteiger partial charge in [0.1, 0.15) is 0 Å². The van der Waals surface area contributed by atoms with Crippen LogP contribution in [-0.2, 0) is 4.79 Å². The van der Waals surface area contributed by atoms with Gasteiger partial charge in [0.25, 0.3) is 0 Å². The number of halogens is 1. The third-order valence-corrected chi connectivity index (χ3v) is 4.52. The summed E-state index contributed by atoms with van der Waals surface area (Å²) in [5.41, 5.74) is 7.54. The summed E-state index contributed by atoms with van der Waals surface area (Å²) in [7, 11) is 0. The third kappa shape index (κ3) is 2.39. The van der Waals surface area contributed by atoms with Crippen LogP contribution in [0.25, 0.3) is 11.0 Å². The van der Waals surface area contributed by atoms with E-state index in [9.17, 15) is 4.79 Å². The highest BCUT2D eigenvalue weighted by Crippen LogP contribution is 2.34. The molecule has 3 rings (SSSR count). The van der Waals surface area contributed by atoms with Gasteiger partial charge in [-0.05, 0) is 43.9 Å². The molecule has 1 heterocycles. The fourth-order valence-electron chi connectivity index (χ4n) is 2.93. The summed E-state index contributed by atoms with van der Waals surface area (Å²) in [6.07, 6.45) is 5.66. The van der Waals surface area contributed by atoms with Crippen molar-refractivity contribution in [2.75, 3.05) is 0 Å². The second-order valence-corrected chi connectivity index (χ2v) is 6.11. The molecule has 0 bridgehead atoms. The summed E-state index contributed by atoms with van der Waals surface area (Å²) in [6.45, 7) is 0. The zero-order valence-corrected chi connectivity index (χ0v) is 12.1. The molecule has 0 radical (unpaired) electrons. The van der Waals surface area contributed by atoms with E-state index in [1.807, 2.05) is 18.5 Å². The van der Waals surface area contributed by atoms with E-state index >= 15 is 0 Å². The Bertz CT molecular complexity index is 614. The molecule has 2 N–H and O–H groups in total. The summed E-state index contributed by atoms with van der Waals surface area (Å²) in [5.74, 6) is -0.102. The van der Waals surface area contributed by atoms with Crippen molar-refractivity contribution >= 4 is 32.9 Å². The minimum absolute atomic E-state index is 0.0535. The van der Waals surface area contributed by atoms with Gasteiger partial charge in [-0.2, -0.15) is 0 Å². The average Bonchev–Trinajstić information content (AvgIpc) is 2.81. The third-order valence-electron chi connectivity index (χ3n) is 4.03. The number of fused-ring (bicyclic) bond motifs is 1. The molecule has 19 heavy (non-hydrogen) atoms. The summed E-state index contributed by atoms with van der Waals surface area (Å²) in [5, 5.41) is 0. The normalized spacial score (nSPS) is 23.6. The zero-order valence-electron chi connectivity index (χ0n) is 10.6. The van der Waals surface area contributed by atoms with Crippen LogP contribution in [0.4, 0.5) is 0 Å². The summed E-state index contributed by atoms with van der Waals surface area (Å²) >= 11 is 3.50. The Morgan fingerprint density at radius 2 is 2.05 bits per heavy atom. The molecule has 1 saturated carbocycles. The van der Waals surface area contributed by atoms with Gasteiger partial charge in [-0.25, -0.2) is 4.98 Å². The highest BCUT2D eigenvalue weighted by molar-refractivity contribution is 9.10. The second kappa shape index (κ2) is 4.96. The van der Waals surface area contributed by atoms with Gasteiger partial charge in [0.15, 0.2) is 0 Å². The van der Waals surface area contributed by atoms with Gasteiger partial charge < -0.3 is 10.3 Å². The van der Waals surface area contributed by atoms with Crippen LogP contribution in [0.5, 0.6) is 0 Å². The number of imidazole rings is 1. The molecule has 5 heteroatoms. The predicted octanol–water partition coefficient (Wildman–Crippen LogP) is 3.02. The molecule has 0 atom stereocenters. The number of hydrogen-bond donors (Lipinski definition) is 1. The minimum atomic E-state index is -0.156. The first-order valence-electron chi connectivity index (χ1n) is 6.56. The van der Waals surface area contributed by atoms with Crippen molar-refractivity contribution in [3.63, 3.8) is 0 Å². The molecule has 1 aliphatic rings. The highest BCUT2D eigenvalue weighted by Gasteiger charge is 2.26. The van der Waals surface area contributed by atoms with Crippen LogP contribution >= 0.6 is 15.9 Å². The van der Waals surface area contributed by atoms with Crippen LogP contribution in [0.3, 0.4) is 0 Å². The molecule has 1 aromatic heterocycles. The molecule has 0 aliphatic heterocycles. The van der Waals surface area contributed by atoms with Crippen molar-refractivity contribution in [3.8, 4) is 0 Å². The second-order valence-electron chi connectivity index (χ2n) is 5.19. The lowest BCUT2D eigenvalue weighted by molar-refractivity contribution is -0.122. The molecule has 1 aliphatic carbocycles. The Kier molecular flexibility index (Phi) is 3.31. The fourth-order valence-corrected chi connectivity index (χ4v) is 3.28. The Hall–Kier alpha value is -1.36. The van der Waals surface area contributed by atoms with E-state index in [1.165, 1.54) is 0 Å². The topological polar surface area (TPSA) is 60.9 Å². The van der Waals surface area contributed by atoms with E-state index in [0.29, 0.717) is 6.04 Å². The van der Waals surface area contributed by atoms with Crippen molar-refractivity contribution in [1.82, 2.24) is 9.55 Å². The number of nitrogens with zero attached hydrogens (tertiary/aromatic N) is 2. The Labute approximate surface area is 120 Å². The lowest BCUT2D eigenvalue weighted by Crippen LogP contribution is -2.28. The first kappa shape index (κ1) is 12.7. The van der Waals surface area contributed by atoms with Crippen LogP contribution in [-0.4, -0.2) is 15.5 Å². The molecule has 4 nitrogen and oxygen atoms in total. The number of carbonyl (C=O) groups excluding carboxylic acids is 1. The first-order chi connectivity index (χ1) is 9.15. The molecule has 0 unspecified atom stereocenters. The first-order valence-corrected chi connectivity index (χ1v) is 7.36. The highest BCUT2D eigenvalue weighted by atomic mass is 79.9. The molecular formula is C14H16BrN3O. The summed E-state index contributed by atoms with van der Waals surface area (Å²) in [6, 6.07) is 6.55. The number of hydrogen-bond acceptors (Lipinski definition) is 2. The molecule has 1 aromatic carbocycles. The minimum Gasteiger partial charge on any atom is -0.369 e. The van der Waals surface area contributed by atoms with Gasteiger partial charge in [-0.3, -0.25) is 4.79 Å². The maximum Gasteiger partial charge on any atom is 0.220 e. The van der Waals surface area contributed by atoms with Gasteiger partial charge in [0, 0.05) is 16.4 Å². The molecule has 1 fully saturated rings. The van der Waals surface area contributed by atoms with Crippen LogP contribution in [0.2, 0.25) is 0 Å². The van der Waals surface area contributed by atoms with Crippen molar-refractivity contribution in [3.05, 3.63) is 29.0 Å². The maximum atomic E-state index is 11.2. The van der Waals surface area contributed by atoms with Crippen molar-refractivity contribution < 1.29 is 4.79 Å². The van der Waals surface area contributed by atoms with Crippen molar-refractivity contribution in [2.45, 2.75) is 31.7 Å². The monoisotopic (exact) mass is 321 g/mol. The van der Waals surface area contributed by atoms with Crippen molar-refractivity contribution in [2.24, 2.45) is 11.7 Å². The Morgan fingerprint density at radius 1 is 1.32 bits per heavy atom. The average molecular weight is 322 g/mol. The van der Waals surface area contributed by atoms with E-state index in [0.717, 1.165) is 41.2 Å². The summed E-state index contributed by atoms with van der Waals surface area (Å²) in [4.78, 5) is 15.6. The SMILES string of the molecule is NC(=O)C1CCC(n2cnc3ccc(Br)cc32)CC1. The van der Waals surface area contributed by atoms with Gasteiger partial charge in [0.2, 0.25) is 5.91 Å². The van der Waals surface area contributed by atoms with E-state index < -0.39 is 0 Å². The predicted molar refractivity (Wildman–Crippen MR) is 77.6 cm³/mol. The molecule has 2 aromatic rings. The van der Waals surface area contributed by atoms with Gasteiger partial charge in [-0.1, -0.05) is 15.9 Å². The maximum absolute atomic E-state index is 11.2. The number of rotatable bonds is 2. The molecule has 0 saturated heterocycles. The number of aromatic nitrogens is 2. The van der Waals surface area contributed by atoms with Crippen molar-refractivity contribution in [1.29, 1.82) is 0 Å². The van der Waals surface area contributed by atoms with Crippen LogP contribution in [0.1, 0.15) is 31.7 Å². The van der Waals surface area contributed by atoms with Gasteiger partial charge in [0.05, 0.1) is 17.4 Å². The quantitative estimate of drug-likeness (QED) is 0.924. The standard InChI is InChI=1S/C14H16BrN3O/c15-10-3-6-12-13(7-10)18(8-17-12)11-4-1-9(2-5-11)14(16)19/h3,6-9,11H,1-2,4-5H2,(H2,16,19). The molecular weight excluding hydrogens is 306 g/mol. The van der Waals surface area contributed by atoms with Crippen LogP contribution < -0.4 is 5.73 Å². The van der Waals surface area contributed by atoms with Gasteiger partial charge >= 0.3 is 0 Å². The lowest BCUT2D eigenvalue weighted by Gasteiger charge is -2.28. The Balaban J connectivity index is 1.85.